The fourth-order valence-corrected chi connectivity index (χ4v) is 5.21. The molecule has 2 aliphatic rings. The molecule has 0 bridgehead atoms. The third kappa shape index (κ3) is 3.06. The maximum Gasteiger partial charge on any atom is 0.241 e. The number of hydrogen-bond acceptors (Lipinski definition) is 6. The van der Waals surface area contributed by atoms with E-state index in [1.54, 1.807) is 6.08 Å². The second-order valence-electron chi connectivity index (χ2n) is 7.70. The Hall–Kier alpha value is -1.54. The molecule has 0 radical (unpaired) electrons. The number of carbonyl (C=O) groups excluding carboxylic acids is 2. The van der Waals surface area contributed by atoms with Crippen molar-refractivity contribution in [3.05, 3.63) is 34.1 Å². The van der Waals surface area contributed by atoms with Gasteiger partial charge in [0.15, 0.2) is 11.6 Å². The number of carbonyl (C=O) groups is 2. The fourth-order valence-electron chi connectivity index (χ4n) is 3.65. The molecule has 0 unspecified atom stereocenters. The summed E-state index contributed by atoms with van der Waals surface area (Å²) < 4.78 is 11.4. The summed E-state index contributed by atoms with van der Waals surface area (Å²) in [4.78, 5) is 24.7. The highest BCUT2D eigenvalue weighted by Crippen LogP contribution is 2.52. The number of hydrogen-bond donors (Lipinski definition) is 2. The number of phenolic OH excluding ortho intramolecular Hbond substituents is 2. The van der Waals surface area contributed by atoms with E-state index < -0.39 is 48.3 Å². The van der Waals surface area contributed by atoms with E-state index in [9.17, 15) is 19.8 Å². The zero-order chi connectivity index (χ0) is 20.3. The van der Waals surface area contributed by atoms with E-state index in [2.05, 4.69) is 0 Å². The minimum Gasteiger partial charge on any atom is -0.547 e. The average Bonchev–Trinajstić information content (AvgIpc) is 2.55. The Morgan fingerprint density at radius 1 is 1.22 bits per heavy atom. The molecule has 9 heteroatoms. The first kappa shape index (κ1) is 20.2. The maximum absolute atomic E-state index is 13.2. The molecular formula is C18H20Cl2O6Si. The summed E-state index contributed by atoms with van der Waals surface area (Å²) in [6.45, 7) is 5.97. The smallest absolute Gasteiger partial charge is 0.241 e. The molecule has 0 aliphatic heterocycles. The molecule has 1 aromatic carbocycles. The SMILES string of the molecule is CO[C@@H]1C=C(O[Si](C)(C)C)C[C@@H]2C(=O)c3c(O)c(Cl)cc(O)c3C(=O)[C@@]21Cl. The Morgan fingerprint density at radius 2 is 1.85 bits per heavy atom. The number of rotatable bonds is 3. The maximum atomic E-state index is 13.2. The number of allylic oxidation sites excluding steroid dienone is 1. The molecule has 0 heterocycles. The number of ether oxygens (including phenoxy) is 1. The van der Waals surface area contributed by atoms with E-state index in [0.29, 0.717) is 5.76 Å². The molecule has 0 amide bonds. The van der Waals surface area contributed by atoms with Gasteiger partial charge in [0.1, 0.15) is 22.5 Å². The Balaban J connectivity index is 2.20. The van der Waals surface area contributed by atoms with Crippen LogP contribution in [0.15, 0.2) is 17.9 Å². The summed E-state index contributed by atoms with van der Waals surface area (Å²) in [6.07, 6.45) is 0.765. The quantitative estimate of drug-likeness (QED) is 0.429. The van der Waals surface area contributed by atoms with Gasteiger partial charge in [-0.2, -0.15) is 0 Å². The molecule has 27 heavy (non-hydrogen) atoms. The van der Waals surface area contributed by atoms with Gasteiger partial charge < -0.3 is 19.4 Å². The molecule has 0 fully saturated rings. The second-order valence-corrected chi connectivity index (χ2v) is 13.2. The molecule has 3 atom stereocenters. The molecule has 146 valence electrons. The lowest BCUT2D eigenvalue weighted by atomic mass is 9.66. The lowest BCUT2D eigenvalue weighted by Gasteiger charge is -2.45. The highest BCUT2D eigenvalue weighted by atomic mass is 35.5. The van der Waals surface area contributed by atoms with Crippen molar-refractivity contribution in [3.63, 3.8) is 0 Å². The fraction of sp³-hybridized carbons (Fsp3) is 0.444. The van der Waals surface area contributed by atoms with Crippen LogP contribution in [0.5, 0.6) is 11.5 Å². The van der Waals surface area contributed by atoms with Crippen LogP contribution in [0.4, 0.5) is 0 Å². The monoisotopic (exact) mass is 430 g/mol. The van der Waals surface area contributed by atoms with Crippen molar-refractivity contribution in [3.8, 4) is 11.5 Å². The van der Waals surface area contributed by atoms with Crippen LogP contribution in [-0.4, -0.2) is 48.2 Å². The normalized spacial score (nSPS) is 27.7. The summed E-state index contributed by atoms with van der Waals surface area (Å²) in [5, 5.41) is 20.3. The predicted octanol–water partition coefficient (Wildman–Crippen LogP) is 3.88. The second kappa shape index (κ2) is 6.51. The van der Waals surface area contributed by atoms with E-state index in [4.69, 9.17) is 32.4 Å². The highest BCUT2D eigenvalue weighted by Gasteiger charge is 2.60. The third-order valence-electron chi connectivity index (χ3n) is 4.73. The number of halogens is 2. The molecule has 6 nitrogen and oxygen atoms in total. The van der Waals surface area contributed by atoms with Crippen LogP contribution < -0.4 is 0 Å². The Morgan fingerprint density at radius 3 is 2.41 bits per heavy atom. The lowest BCUT2D eigenvalue weighted by molar-refractivity contribution is 0.0413. The molecule has 0 aromatic heterocycles. The Kier molecular flexibility index (Phi) is 4.87. The molecule has 1 aromatic rings. The van der Waals surface area contributed by atoms with E-state index in [1.807, 2.05) is 19.6 Å². The van der Waals surface area contributed by atoms with Gasteiger partial charge in [0.25, 0.3) is 0 Å². The van der Waals surface area contributed by atoms with Crippen LogP contribution in [-0.2, 0) is 9.16 Å². The largest absolute Gasteiger partial charge is 0.547 e. The van der Waals surface area contributed by atoms with Crippen LogP contribution in [0, 0.1) is 5.92 Å². The van der Waals surface area contributed by atoms with E-state index in [1.165, 1.54) is 7.11 Å². The first-order chi connectivity index (χ1) is 12.4. The Bertz CT molecular complexity index is 876. The number of fused-ring (bicyclic) bond motifs is 2. The predicted molar refractivity (Wildman–Crippen MR) is 103 cm³/mol. The van der Waals surface area contributed by atoms with E-state index in [-0.39, 0.29) is 22.6 Å². The van der Waals surface area contributed by atoms with Gasteiger partial charge in [-0.15, -0.1) is 11.6 Å². The van der Waals surface area contributed by atoms with Gasteiger partial charge in [0, 0.05) is 19.6 Å². The summed E-state index contributed by atoms with van der Waals surface area (Å²) >= 11 is 12.6. The van der Waals surface area contributed by atoms with Crippen molar-refractivity contribution in [2.24, 2.45) is 5.92 Å². The molecule has 0 spiro atoms. The summed E-state index contributed by atoms with van der Waals surface area (Å²) in [6, 6.07) is 1.02. The van der Waals surface area contributed by atoms with Gasteiger partial charge in [0.2, 0.25) is 8.32 Å². The van der Waals surface area contributed by atoms with Crippen LogP contribution in [0.3, 0.4) is 0 Å². The summed E-state index contributed by atoms with van der Waals surface area (Å²) in [5.74, 6) is -2.82. The molecule has 2 N–H and O–H groups in total. The molecular weight excluding hydrogens is 411 g/mol. The number of aromatic hydroxyl groups is 2. The van der Waals surface area contributed by atoms with Crippen LogP contribution >= 0.6 is 23.2 Å². The van der Waals surface area contributed by atoms with Crippen molar-refractivity contribution in [2.75, 3.05) is 7.11 Å². The molecule has 3 rings (SSSR count). The minimum absolute atomic E-state index is 0.0877. The van der Waals surface area contributed by atoms with Gasteiger partial charge >= 0.3 is 0 Å². The van der Waals surface area contributed by atoms with Gasteiger partial charge in [-0.25, -0.2) is 0 Å². The number of ketones is 2. The van der Waals surface area contributed by atoms with Crippen LogP contribution in [0.1, 0.15) is 27.1 Å². The van der Waals surface area contributed by atoms with Crippen molar-refractivity contribution >= 4 is 43.1 Å². The Labute approximate surface area is 167 Å². The van der Waals surface area contributed by atoms with Crippen molar-refractivity contribution in [1.29, 1.82) is 0 Å². The summed E-state index contributed by atoms with van der Waals surface area (Å²) in [5.41, 5.74) is -0.645. The van der Waals surface area contributed by atoms with Gasteiger partial charge in [-0.1, -0.05) is 11.6 Å². The first-order valence-electron chi connectivity index (χ1n) is 8.36. The number of Topliss-reactive ketones (excluding diaryl/α,β-unsaturated/α-hetero) is 2. The zero-order valence-corrected chi connectivity index (χ0v) is 17.8. The molecule has 2 aliphatic carbocycles. The number of benzene rings is 1. The van der Waals surface area contributed by atoms with Crippen LogP contribution in [0.25, 0.3) is 0 Å². The third-order valence-corrected chi connectivity index (χ3v) is 6.54. The highest BCUT2D eigenvalue weighted by molar-refractivity contribution is 6.70. The lowest BCUT2D eigenvalue weighted by Crippen LogP contribution is -2.58. The van der Waals surface area contributed by atoms with Gasteiger partial charge in [0.05, 0.1) is 27.8 Å². The van der Waals surface area contributed by atoms with Crippen molar-refractivity contribution < 1.29 is 29.0 Å². The average molecular weight is 431 g/mol. The molecule has 0 saturated carbocycles. The zero-order valence-electron chi connectivity index (χ0n) is 15.3. The number of alkyl halides is 1. The van der Waals surface area contributed by atoms with Gasteiger partial charge in [-0.05, 0) is 25.7 Å². The van der Waals surface area contributed by atoms with Crippen molar-refractivity contribution in [2.45, 2.75) is 37.0 Å². The van der Waals surface area contributed by atoms with E-state index in [0.717, 1.165) is 6.07 Å². The number of phenols is 2. The van der Waals surface area contributed by atoms with E-state index >= 15 is 0 Å². The minimum atomic E-state index is -1.98. The van der Waals surface area contributed by atoms with Gasteiger partial charge in [-0.3, -0.25) is 9.59 Å². The topological polar surface area (TPSA) is 93.1 Å². The van der Waals surface area contributed by atoms with Crippen molar-refractivity contribution in [1.82, 2.24) is 0 Å². The molecule has 0 saturated heterocycles. The van der Waals surface area contributed by atoms with Crippen LogP contribution in [0.2, 0.25) is 24.7 Å². The first-order valence-corrected chi connectivity index (χ1v) is 12.5. The standard InChI is InChI=1S/C18H20Cl2O6Si/c1-25-12-6-8(26-27(2,3)4)5-9-15(22)14-13(17(24)18(9,12)20)11(21)7-10(19)16(14)23/h6-7,9,12,21,23H,5H2,1-4H3/t9-,12-,18-/m1/s1. The summed E-state index contributed by atoms with van der Waals surface area (Å²) in [7, 11) is -0.600. The number of methoxy groups -OCH3 is 1.